The van der Waals surface area contributed by atoms with Crippen molar-refractivity contribution < 1.29 is 9.26 Å². The van der Waals surface area contributed by atoms with Crippen LogP contribution < -0.4 is 4.74 Å². The largest absolute Gasteiger partial charge is 0.496 e. The lowest BCUT2D eigenvalue weighted by molar-refractivity contribution is 0.385. The zero-order valence-electron chi connectivity index (χ0n) is 10.5. The van der Waals surface area contributed by atoms with E-state index < -0.39 is 0 Å². The fourth-order valence-corrected chi connectivity index (χ4v) is 2.11. The Labute approximate surface area is 115 Å². The van der Waals surface area contributed by atoms with Crippen LogP contribution in [0.25, 0.3) is 0 Å². The Kier molecular flexibility index (Phi) is 4.81. The highest BCUT2D eigenvalue weighted by Crippen LogP contribution is 2.20. The van der Waals surface area contributed by atoms with Crippen molar-refractivity contribution in [3.8, 4) is 11.8 Å². The highest BCUT2D eigenvalue weighted by atomic mass is 32.2. The van der Waals surface area contributed by atoms with Crippen molar-refractivity contribution in [2.24, 2.45) is 0 Å². The number of para-hydroxylation sites is 1. The van der Waals surface area contributed by atoms with E-state index >= 15 is 0 Å². The molecule has 0 N–H and O–H groups in total. The van der Waals surface area contributed by atoms with Crippen LogP contribution in [0.3, 0.4) is 0 Å². The van der Waals surface area contributed by atoms with Crippen molar-refractivity contribution in [3.05, 3.63) is 41.5 Å². The molecule has 0 atom stereocenters. The molecule has 1 aromatic carbocycles. The van der Waals surface area contributed by atoms with Crippen LogP contribution in [0.2, 0.25) is 0 Å². The van der Waals surface area contributed by atoms with E-state index in [0.717, 1.165) is 11.3 Å². The van der Waals surface area contributed by atoms with Crippen molar-refractivity contribution in [1.82, 2.24) is 10.1 Å². The van der Waals surface area contributed by atoms with E-state index in [2.05, 4.69) is 16.2 Å². The van der Waals surface area contributed by atoms with Gasteiger partial charge in [-0.2, -0.15) is 10.2 Å². The maximum absolute atomic E-state index is 8.45. The third-order valence-corrected chi connectivity index (χ3v) is 3.23. The van der Waals surface area contributed by atoms with E-state index in [1.165, 1.54) is 11.8 Å². The lowest BCUT2D eigenvalue weighted by atomic mass is 10.1. The molecular formula is C13H13N3O2S. The summed E-state index contributed by atoms with van der Waals surface area (Å²) in [5.41, 5.74) is 1.02. The normalized spacial score (nSPS) is 10.1. The Bertz CT molecular complexity index is 577. The average molecular weight is 275 g/mol. The van der Waals surface area contributed by atoms with Crippen LogP contribution in [0.4, 0.5) is 0 Å². The third kappa shape index (κ3) is 3.73. The smallest absolute Gasteiger partial charge is 0.236 e. The molecule has 0 spiro atoms. The fourth-order valence-electron chi connectivity index (χ4n) is 1.62. The van der Waals surface area contributed by atoms with Gasteiger partial charge in [0.2, 0.25) is 5.89 Å². The van der Waals surface area contributed by atoms with Crippen molar-refractivity contribution in [2.75, 3.05) is 12.9 Å². The van der Waals surface area contributed by atoms with Gasteiger partial charge in [-0.05, 0) is 6.07 Å². The predicted molar refractivity (Wildman–Crippen MR) is 71.9 cm³/mol. The molecule has 0 saturated heterocycles. The number of rotatable bonds is 6. The highest BCUT2D eigenvalue weighted by molar-refractivity contribution is 7.98. The van der Waals surface area contributed by atoms with Gasteiger partial charge in [-0.25, -0.2) is 0 Å². The molecule has 5 nitrogen and oxygen atoms in total. The van der Waals surface area contributed by atoms with Crippen LogP contribution in [0, 0.1) is 11.3 Å². The number of nitrogens with zero attached hydrogens (tertiary/aromatic N) is 3. The van der Waals surface area contributed by atoms with Gasteiger partial charge >= 0.3 is 0 Å². The van der Waals surface area contributed by atoms with E-state index in [9.17, 15) is 0 Å². The van der Waals surface area contributed by atoms with Crippen molar-refractivity contribution in [2.45, 2.75) is 12.2 Å². The van der Waals surface area contributed by atoms with Gasteiger partial charge in [-0.3, -0.25) is 0 Å². The van der Waals surface area contributed by atoms with Crippen LogP contribution in [0.1, 0.15) is 17.3 Å². The molecule has 0 aliphatic heterocycles. The second-order valence-electron chi connectivity index (χ2n) is 3.74. The number of benzene rings is 1. The summed E-state index contributed by atoms with van der Waals surface area (Å²) in [5, 5.41) is 12.4. The summed E-state index contributed by atoms with van der Waals surface area (Å²) in [6.45, 7) is 0. The highest BCUT2D eigenvalue weighted by Gasteiger charge is 2.09. The Morgan fingerprint density at radius 2 is 2.26 bits per heavy atom. The van der Waals surface area contributed by atoms with E-state index in [1.807, 2.05) is 24.3 Å². The van der Waals surface area contributed by atoms with E-state index in [4.69, 9.17) is 14.5 Å². The summed E-state index contributed by atoms with van der Waals surface area (Å²) in [5.74, 6) is 2.96. The molecule has 0 amide bonds. The standard InChI is InChI=1S/C13H13N3O2S/c1-17-11-5-3-2-4-10(11)8-12-15-13(18-16-12)9-19-7-6-14/h2-5H,7-9H2,1H3. The molecule has 2 aromatic rings. The van der Waals surface area contributed by atoms with Crippen molar-refractivity contribution in [1.29, 1.82) is 5.26 Å². The SMILES string of the molecule is COc1ccccc1Cc1noc(CSCC#N)n1. The average Bonchev–Trinajstić information content (AvgIpc) is 2.87. The lowest BCUT2D eigenvalue weighted by Gasteiger charge is -2.04. The summed E-state index contributed by atoms with van der Waals surface area (Å²) in [6.07, 6.45) is 0.566. The number of aromatic nitrogens is 2. The zero-order chi connectivity index (χ0) is 13.5. The summed E-state index contributed by atoms with van der Waals surface area (Å²) < 4.78 is 10.4. The first-order valence-corrected chi connectivity index (χ1v) is 6.87. The first-order chi connectivity index (χ1) is 9.33. The fraction of sp³-hybridized carbons (Fsp3) is 0.308. The maximum atomic E-state index is 8.45. The Morgan fingerprint density at radius 3 is 3.05 bits per heavy atom. The molecule has 0 aliphatic rings. The Hall–Kier alpha value is -2.00. The van der Waals surface area contributed by atoms with E-state index in [1.54, 1.807) is 7.11 Å². The molecule has 0 aliphatic carbocycles. The summed E-state index contributed by atoms with van der Waals surface area (Å²) in [7, 11) is 1.64. The molecule has 0 saturated carbocycles. The summed E-state index contributed by atoms with van der Waals surface area (Å²) in [6, 6.07) is 9.79. The lowest BCUT2D eigenvalue weighted by Crippen LogP contribution is -1.95. The molecule has 0 unspecified atom stereocenters. The van der Waals surface area contributed by atoms with E-state index in [0.29, 0.717) is 29.6 Å². The van der Waals surface area contributed by atoms with Gasteiger partial charge in [-0.1, -0.05) is 23.4 Å². The third-order valence-electron chi connectivity index (χ3n) is 2.44. The van der Waals surface area contributed by atoms with Crippen LogP contribution in [0.5, 0.6) is 5.75 Å². The predicted octanol–water partition coefficient (Wildman–Crippen LogP) is 2.43. The van der Waals surface area contributed by atoms with Gasteiger partial charge in [-0.15, -0.1) is 11.8 Å². The minimum Gasteiger partial charge on any atom is -0.496 e. The first kappa shape index (κ1) is 13.4. The number of nitriles is 1. The van der Waals surface area contributed by atoms with Crippen LogP contribution >= 0.6 is 11.8 Å². The quantitative estimate of drug-likeness (QED) is 0.754. The number of thioether (sulfide) groups is 1. The molecule has 98 valence electrons. The molecule has 19 heavy (non-hydrogen) atoms. The minimum atomic E-state index is 0.421. The molecule has 2 rings (SSSR count). The van der Waals surface area contributed by atoms with Crippen LogP contribution in [-0.2, 0) is 12.2 Å². The van der Waals surface area contributed by atoms with E-state index in [-0.39, 0.29) is 0 Å². The number of methoxy groups -OCH3 is 1. The van der Waals surface area contributed by atoms with Crippen LogP contribution in [0.15, 0.2) is 28.8 Å². The Balaban J connectivity index is 2.01. The Morgan fingerprint density at radius 1 is 1.42 bits per heavy atom. The summed E-state index contributed by atoms with van der Waals surface area (Å²) in [4.78, 5) is 4.29. The zero-order valence-corrected chi connectivity index (χ0v) is 11.3. The van der Waals surface area contributed by atoms with Crippen molar-refractivity contribution >= 4 is 11.8 Å². The maximum Gasteiger partial charge on any atom is 0.236 e. The van der Waals surface area contributed by atoms with Crippen LogP contribution in [-0.4, -0.2) is 23.0 Å². The van der Waals surface area contributed by atoms with Gasteiger partial charge in [0, 0.05) is 12.0 Å². The number of hydrogen-bond donors (Lipinski definition) is 0. The van der Waals surface area contributed by atoms with Gasteiger partial charge < -0.3 is 9.26 Å². The molecule has 1 aromatic heterocycles. The topological polar surface area (TPSA) is 71.9 Å². The van der Waals surface area contributed by atoms with Gasteiger partial charge in [0.25, 0.3) is 0 Å². The van der Waals surface area contributed by atoms with Gasteiger partial charge in [0.05, 0.1) is 24.7 Å². The van der Waals surface area contributed by atoms with Gasteiger partial charge in [0.15, 0.2) is 5.82 Å². The molecular weight excluding hydrogens is 262 g/mol. The van der Waals surface area contributed by atoms with Crippen molar-refractivity contribution in [3.63, 3.8) is 0 Å². The number of ether oxygens (including phenoxy) is 1. The second kappa shape index (κ2) is 6.81. The first-order valence-electron chi connectivity index (χ1n) is 5.71. The summed E-state index contributed by atoms with van der Waals surface area (Å²) >= 11 is 1.45. The van der Waals surface area contributed by atoms with Gasteiger partial charge in [0.1, 0.15) is 5.75 Å². The monoisotopic (exact) mass is 275 g/mol. The second-order valence-corrected chi connectivity index (χ2v) is 4.73. The molecule has 0 fully saturated rings. The molecule has 0 radical (unpaired) electrons. The number of hydrogen-bond acceptors (Lipinski definition) is 6. The molecule has 6 heteroatoms. The molecule has 0 bridgehead atoms. The molecule has 1 heterocycles. The minimum absolute atomic E-state index is 0.421.